The molecule has 0 atom stereocenters. The molecule has 2 aromatic rings. The summed E-state index contributed by atoms with van der Waals surface area (Å²) in [6.07, 6.45) is 0.916. The maximum Gasteiger partial charge on any atom is 0.241 e. The summed E-state index contributed by atoms with van der Waals surface area (Å²) in [6, 6.07) is 15.9. The Morgan fingerprint density at radius 1 is 1.00 bits per heavy atom. The van der Waals surface area contributed by atoms with Gasteiger partial charge in [0.05, 0.1) is 27.3 Å². The molecule has 0 aliphatic rings. The molecule has 0 aliphatic carbocycles. The monoisotopic (exact) mass is 441 g/mol. The van der Waals surface area contributed by atoms with Crippen LogP contribution in [0.25, 0.3) is 0 Å². The lowest BCUT2D eigenvalue weighted by Crippen LogP contribution is -2.43. The first-order valence-electron chi connectivity index (χ1n) is 10.6. The molecule has 0 saturated carbocycles. The Morgan fingerprint density at radius 3 is 2.41 bits per heavy atom. The summed E-state index contributed by atoms with van der Waals surface area (Å²) < 4.78 is 10.7. The first-order chi connectivity index (χ1) is 15.4. The number of amides is 1. The fraction of sp³-hybridized carbons (Fsp3) is 0.417. The van der Waals surface area contributed by atoms with Crippen LogP contribution in [-0.2, 0) is 11.3 Å². The van der Waals surface area contributed by atoms with Gasteiger partial charge in [0.25, 0.3) is 0 Å². The van der Waals surface area contributed by atoms with Gasteiger partial charge in [0, 0.05) is 51.5 Å². The van der Waals surface area contributed by atoms with E-state index in [0.29, 0.717) is 18.3 Å². The number of hydrogen-bond acceptors (Lipinski definition) is 5. The minimum absolute atomic E-state index is 0.0228. The summed E-state index contributed by atoms with van der Waals surface area (Å²) in [7, 11) is 8.79. The van der Waals surface area contributed by atoms with Crippen LogP contribution in [0.15, 0.2) is 53.5 Å². The van der Waals surface area contributed by atoms with Crippen LogP contribution in [0.2, 0.25) is 0 Å². The van der Waals surface area contributed by atoms with Crippen molar-refractivity contribution in [1.82, 2.24) is 15.5 Å². The molecule has 2 rings (SSSR count). The number of carbonyl (C=O) groups excluding carboxylic acids is 1. The van der Waals surface area contributed by atoms with Gasteiger partial charge in [-0.3, -0.25) is 4.79 Å². The topological polar surface area (TPSA) is 78.4 Å². The number of guanidine groups is 1. The first kappa shape index (κ1) is 24.8. The number of rotatable bonds is 11. The Balaban J connectivity index is 1.98. The predicted molar refractivity (Wildman–Crippen MR) is 130 cm³/mol. The molecule has 0 bridgehead atoms. The first-order valence-corrected chi connectivity index (χ1v) is 10.6. The van der Waals surface area contributed by atoms with E-state index in [0.717, 1.165) is 30.8 Å². The van der Waals surface area contributed by atoms with Gasteiger partial charge < -0.3 is 29.9 Å². The normalized spacial score (nSPS) is 11.0. The van der Waals surface area contributed by atoms with Crippen molar-refractivity contribution in [3.05, 3.63) is 54.1 Å². The average molecular weight is 442 g/mol. The minimum atomic E-state index is -0.0228. The summed E-state index contributed by atoms with van der Waals surface area (Å²) in [5.74, 6) is 2.00. The molecule has 2 N–H and O–H groups in total. The summed E-state index contributed by atoms with van der Waals surface area (Å²) in [6.45, 7) is 2.19. The molecule has 0 unspecified atom stereocenters. The van der Waals surface area contributed by atoms with Crippen LogP contribution in [0.5, 0.6) is 11.5 Å². The molecule has 0 aromatic heterocycles. The van der Waals surface area contributed by atoms with E-state index in [2.05, 4.69) is 39.7 Å². The van der Waals surface area contributed by atoms with Crippen LogP contribution in [0.3, 0.4) is 0 Å². The summed E-state index contributed by atoms with van der Waals surface area (Å²) in [5, 5.41) is 6.45. The highest BCUT2D eigenvalue weighted by molar-refractivity contribution is 5.86. The Kier molecular flexibility index (Phi) is 10.2. The van der Waals surface area contributed by atoms with Crippen molar-refractivity contribution in [2.24, 2.45) is 4.99 Å². The third-order valence-electron chi connectivity index (χ3n) is 4.97. The van der Waals surface area contributed by atoms with Crippen molar-refractivity contribution in [1.29, 1.82) is 0 Å². The maximum atomic E-state index is 12.0. The van der Waals surface area contributed by atoms with E-state index in [9.17, 15) is 4.79 Å². The van der Waals surface area contributed by atoms with Gasteiger partial charge in [0.2, 0.25) is 5.91 Å². The molecule has 1 amide bonds. The van der Waals surface area contributed by atoms with Crippen LogP contribution in [0.1, 0.15) is 12.0 Å². The summed E-state index contributed by atoms with van der Waals surface area (Å²) in [4.78, 5) is 20.4. The lowest BCUT2D eigenvalue weighted by molar-refractivity contribution is -0.127. The fourth-order valence-corrected chi connectivity index (χ4v) is 2.97. The smallest absolute Gasteiger partial charge is 0.241 e. The van der Waals surface area contributed by atoms with Crippen molar-refractivity contribution in [2.75, 3.05) is 59.9 Å². The van der Waals surface area contributed by atoms with Gasteiger partial charge in [-0.1, -0.05) is 18.2 Å². The van der Waals surface area contributed by atoms with Crippen LogP contribution in [-0.4, -0.2) is 71.8 Å². The van der Waals surface area contributed by atoms with Crippen molar-refractivity contribution >= 4 is 17.6 Å². The van der Waals surface area contributed by atoms with Crippen LogP contribution >= 0.6 is 0 Å². The van der Waals surface area contributed by atoms with Gasteiger partial charge in [0.15, 0.2) is 5.96 Å². The predicted octanol–water partition coefficient (Wildman–Crippen LogP) is 2.35. The highest BCUT2D eigenvalue weighted by Crippen LogP contribution is 2.25. The van der Waals surface area contributed by atoms with Gasteiger partial charge in [-0.25, -0.2) is 4.99 Å². The van der Waals surface area contributed by atoms with Gasteiger partial charge >= 0.3 is 0 Å². The Morgan fingerprint density at radius 2 is 1.75 bits per heavy atom. The number of methoxy groups -OCH3 is 2. The average Bonchev–Trinajstić information content (AvgIpc) is 2.82. The number of nitrogens with one attached hydrogen (secondary N) is 2. The third-order valence-corrected chi connectivity index (χ3v) is 4.97. The molecule has 0 heterocycles. The van der Waals surface area contributed by atoms with E-state index >= 15 is 0 Å². The Hall–Kier alpha value is -3.42. The largest absolute Gasteiger partial charge is 0.497 e. The fourth-order valence-electron chi connectivity index (χ4n) is 2.97. The maximum absolute atomic E-state index is 12.0. The molecule has 174 valence electrons. The van der Waals surface area contributed by atoms with Crippen LogP contribution < -0.4 is 25.0 Å². The number of likely N-dealkylation sites (N-methyl/N-ethyl adjacent to an activating group) is 1. The number of aliphatic imine (C=N–C) groups is 1. The molecule has 32 heavy (non-hydrogen) atoms. The van der Waals surface area contributed by atoms with Gasteiger partial charge in [-0.2, -0.15) is 0 Å². The van der Waals surface area contributed by atoms with Gasteiger partial charge in [-0.15, -0.1) is 0 Å². The third kappa shape index (κ3) is 8.02. The van der Waals surface area contributed by atoms with Crippen LogP contribution in [0, 0.1) is 0 Å². The number of hydrogen-bond donors (Lipinski definition) is 2. The second kappa shape index (κ2) is 13.1. The standard InChI is InChI=1S/C24H35N5O3/c1-28(2)23(30)18-27-24(25-14-9-15-29(3)20-10-7-6-8-11-20)26-17-19-12-13-21(31-4)16-22(19)32-5/h6-8,10-13,16H,9,14-15,17-18H2,1-5H3,(H2,25,26,27). The number of carbonyl (C=O) groups is 1. The number of nitrogens with zero attached hydrogens (tertiary/aromatic N) is 3. The number of para-hydroxylation sites is 1. The minimum Gasteiger partial charge on any atom is -0.497 e. The number of benzene rings is 2. The lowest BCUT2D eigenvalue weighted by Gasteiger charge is -2.20. The highest BCUT2D eigenvalue weighted by Gasteiger charge is 2.08. The molecule has 0 saturated heterocycles. The number of ether oxygens (including phenoxy) is 2. The molecule has 0 aliphatic heterocycles. The molecular formula is C24H35N5O3. The molecule has 0 spiro atoms. The second-order valence-electron chi connectivity index (χ2n) is 7.52. The lowest BCUT2D eigenvalue weighted by atomic mass is 10.2. The zero-order valence-electron chi connectivity index (χ0n) is 19.7. The Bertz CT molecular complexity index is 871. The van der Waals surface area contributed by atoms with E-state index in [1.807, 2.05) is 36.4 Å². The quantitative estimate of drug-likeness (QED) is 0.317. The van der Waals surface area contributed by atoms with E-state index in [4.69, 9.17) is 9.47 Å². The van der Waals surface area contributed by atoms with E-state index in [1.54, 1.807) is 33.2 Å². The molecule has 2 aromatic carbocycles. The molecule has 8 heteroatoms. The summed E-state index contributed by atoms with van der Waals surface area (Å²) >= 11 is 0. The zero-order valence-corrected chi connectivity index (χ0v) is 19.7. The van der Waals surface area contributed by atoms with Crippen molar-refractivity contribution in [2.45, 2.75) is 13.0 Å². The molecular weight excluding hydrogens is 406 g/mol. The summed E-state index contributed by atoms with van der Waals surface area (Å²) in [5.41, 5.74) is 2.11. The SMILES string of the molecule is COc1ccc(CN=C(NCCCN(C)c2ccccc2)NCC(=O)N(C)C)c(OC)c1. The van der Waals surface area contributed by atoms with Crippen molar-refractivity contribution < 1.29 is 14.3 Å². The number of anilines is 1. The van der Waals surface area contributed by atoms with Crippen molar-refractivity contribution in [3.8, 4) is 11.5 Å². The highest BCUT2D eigenvalue weighted by atomic mass is 16.5. The van der Waals surface area contributed by atoms with E-state index < -0.39 is 0 Å². The van der Waals surface area contributed by atoms with E-state index in [-0.39, 0.29) is 12.5 Å². The second-order valence-corrected chi connectivity index (χ2v) is 7.52. The van der Waals surface area contributed by atoms with Gasteiger partial charge in [-0.05, 0) is 30.7 Å². The van der Waals surface area contributed by atoms with Crippen molar-refractivity contribution in [3.63, 3.8) is 0 Å². The zero-order chi connectivity index (χ0) is 23.3. The van der Waals surface area contributed by atoms with Crippen LogP contribution in [0.4, 0.5) is 5.69 Å². The molecule has 0 radical (unpaired) electrons. The van der Waals surface area contributed by atoms with E-state index in [1.165, 1.54) is 5.69 Å². The molecule has 8 nitrogen and oxygen atoms in total. The van der Waals surface area contributed by atoms with Gasteiger partial charge in [0.1, 0.15) is 11.5 Å². The Labute approximate surface area is 191 Å². The molecule has 0 fully saturated rings.